The van der Waals surface area contributed by atoms with Crippen molar-refractivity contribution < 1.29 is 28.6 Å². The largest absolute Gasteiger partial charge is 0.488 e. The molecule has 1 aromatic heterocycles. The lowest BCUT2D eigenvalue weighted by atomic mass is 10.0. The first-order valence-corrected chi connectivity index (χ1v) is 19.1. The number of amides is 4. The zero-order valence-corrected chi connectivity index (χ0v) is 33.2. The van der Waals surface area contributed by atoms with Gasteiger partial charge in [0.1, 0.15) is 17.4 Å². The van der Waals surface area contributed by atoms with Gasteiger partial charge in [0.25, 0.3) is 0 Å². The van der Waals surface area contributed by atoms with Crippen molar-refractivity contribution in [3.63, 3.8) is 0 Å². The molecule has 0 saturated heterocycles. The van der Waals surface area contributed by atoms with E-state index in [2.05, 4.69) is 27.5 Å². The first-order valence-electron chi connectivity index (χ1n) is 17.8. The number of carbonyl (C=O) groups is 3. The maximum atomic E-state index is 14.8. The van der Waals surface area contributed by atoms with Crippen LogP contribution in [0.2, 0.25) is 5.02 Å². The number of ether oxygens (including phenoxy) is 3. The molecule has 0 aliphatic heterocycles. The van der Waals surface area contributed by atoms with E-state index in [1.54, 1.807) is 35.4 Å². The molecule has 4 rings (SSSR count). The molecule has 0 fully saturated rings. The maximum Gasteiger partial charge on any atom is 0.329 e. The highest BCUT2D eigenvalue weighted by Gasteiger charge is 2.34. The van der Waals surface area contributed by atoms with Crippen molar-refractivity contribution in [3.05, 3.63) is 99.9 Å². The van der Waals surface area contributed by atoms with Gasteiger partial charge in [-0.1, -0.05) is 54.1 Å². The molecule has 0 saturated carbocycles. The molecule has 11 nitrogen and oxygen atoms in total. The van der Waals surface area contributed by atoms with Gasteiger partial charge in [-0.25, -0.2) is 9.80 Å². The van der Waals surface area contributed by atoms with Crippen LogP contribution in [0.25, 0.3) is 10.1 Å². The summed E-state index contributed by atoms with van der Waals surface area (Å²) in [5.41, 5.74) is 4.97. The van der Waals surface area contributed by atoms with E-state index in [0.717, 1.165) is 26.8 Å². The van der Waals surface area contributed by atoms with Crippen LogP contribution in [0.5, 0.6) is 5.75 Å². The van der Waals surface area contributed by atoms with Crippen molar-refractivity contribution in [2.24, 2.45) is 0 Å². The predicted molar refractivity (Wildman–Crippen MR) is 211 cm³/mol. The molecule has 1 heterocycles. The van der Waals surface area contributed by atoms with Crippen LogP contribution >= 0.6 is 22.9 Å². The first kappa shape index (κ1) is 41.6. The van der Waals surface area contributed by atoms with Gasteiger partial charge in [0.15, 0.2) is 6.29 Å². The maximum absolute atomic E-state index is 14.8. The van der Waals surface area contributed by atoms with Crippen molar-refractivity contribution in [1.29, 1.82) is 0 Å². The highest BCUT2D eigenvalue weighted by atomic mass is 35.5. The van der Waals surface area contributed by atoms with E-state index in [1.165, 1.54) is 5.01 Å². The Labute approximate surface area is 321 Å². The summed E-state index contributed by atoms with van der Waals surface area (Å²) < 4.78 is 19.1. The van der Waals surface area contributed by atoms with E-state index in [-0.39, 0.29) is 37.6 Å². The second kappa shape index (κ2) is 19.8. The number of likely N-dealkylation sites (N-methyl/N-ethyl adjacent to an activating group) is 1. The minimum Gasteiger partial charge on any atom is -0.488 e. The number of hydrazine groups is 1. The van der Waals surface area contributed by atoms with E-state index >= 15 is 0 Å². The summed E-state index contributed by atoms with van der Waals surface area (Å²) in [6.45, 7) is 12.7. The molecule has 4 amide bonds. The number of rotatable bonds is 18. The Kier molecular flexibility index (Phi) is 15.5. The lowest BCUT2D eigenvalue weighted by Crippen LogP contribution is -2.56. The van der Waals surface area contributed by atoms with E-state index < -0.39 is 30.3 Å². The first-order chi connectivity index (χ1) is 25.3. The lowest BCUT2D eigenvalue weighted by molar-refractivity contribution is -0.179. The highest BCUT2D eigenvalue weighted by molar-refractivity contribution is 7.17. The fourth-order valence-corrected chi connectivity index (χ4v) is 6.82. The second-order valence-corrected chi connectivity index (χ2v) is 15.1. The Bertz CT molecular complexity index is 1770. The molecule has 3 aromatic carbocycles. The molecule has 0 spiro atoms. The Morgan fingerprint density at radius 3 is 2.19 bits per heavy atom. The number of benzene rings is 3. The molecule has 2 atom stereocenters. The molecule has 3 N–H and O–H groups in total. The molecule has 13 heteroatoms. The van der Waals surface area contributed by atoms with Crippen LogP contribution in [-0.2, 0) is 38.6 Å². The summed E-state index contributed by atoms with van der Waals surface area (Å²) in [5.74, 6) is -0.0424. The number of halogens is 1. The van der Waals surface area contributed by atoms with Crippen molar-refractivity contribution in [1.82, 2.24) is 26.0 Å². The van der Waals surface area contributed by atoms with Crippen molar-refractivity contribution in [3.8, 4) is 5.75 Å². The lowest BCUT2D eigenvalue weighted by Gasteiger charge is -2.36. The predicted octanol–water partition coefficient (Wildman–Crippen LogP) is 6.92. The monoisotopic (exact) mass is 765 g/mol. The van der Waals surface area contributed by atoms with Crippen LogP contribution in [0.3, 0.4) is 0 Å². The number of fused-ring (bicyclic) bond motifs is 1. The molecule has 4 aromatic rings. The third-order valence-corrected chi connectivity index (χ3v) is 9.46. The van der Waals surface area contributed by atoms with Crippen molar-refractivity contribution in [2.45, 2.75) is 85.0 Å². The van der Waals surface area contributed by atoms with Gasteiger partial charge in [-0.2, -0.15) is 0 Å². The van der Waals surface area contributed by atoms with E-state index in [1.807, 2.05) is 96.1 Å². The highest BCUT2D eigenvalue weighted by Crippen LogP contribution is 2.28. The van der Waals surface area contributed by atoms with Gasteiger partial charge in [-0.15, -0.1) is 11.3 Å². The molecule has 286 valence electrons. The second-order valence-electron chi connectivity index (χ2n) is 13.7. The quantitative estimate of drug-likeness (QED) is 0.0743. The molecule has 0 aliphatic carbocycles. The molecule has 53 heavy (non-hydrogen) atoms. The third kappa shape index (κ3) is 13.0. The van der Waals surface area contributed by atoms with Gasteiger partial charge in [0, 0.05) is 49.5 Å². The van der Waals surface area contributed by atoms with Crippen molar-refractivity contribution >= 4 is 50.9 Å². The number of thiophene rings is 1. The molecular formula is C40H52ClN5O6S. The summed E-state index contributed by atoms with van der Waals surface area (Å²) in [7, 11) is 1.58. The van der Waals surface area contributed by atoms with Gasteiger partial charge in [-0.3, -0.25) is 15.0 Å². The number of nitrogens with zero attached hydrogens (tertiary/aromatic N) is 2. The van der Waals surface area contributed by atoms with Gasteiger partial charge >= 0.3 is 6.03 Å². The average Bonchev–Trinajstić information content (AvgIpc) is 3.52. The van der Waals surface area contributed by atoms with E-state index in [4.69, 9.17) is 25.8 Å². The number of hydrogen-bond acceptors (Lipinski definition) is 8. The van der Waals surface area contributed by atoms with Crippen LogP contribution in [0, 0.1) is 0 Å². The Morgan fingerprint density at radius 2 is 1.55 bits per heavy atom. The number of nitrogens with one attached hydrogen (secondary N) is 3. The molecule has 0 unspecified atom stereocenters. The van der Waals surface area contributed by atoms with E-state index in [9.17, 15) is 14.4 Å². The SMILES string of the molecule is CCOC(OCC)[C@H](C)N(Cc1csc2ccccc12)C(=O)[C@H](Cc1ccc(OC(C)(C)C)cc1)NC(=O)CN(C)NC(=O)NCc1ccc(Cl)cc1. The van der Waals surface area contributed by atoms with Gasteiger partial charge in [0.05, 0.1) is 12.6 Å². The van der Waals surface area contributed by atoms with Crippen LogP contribution in [0.1, 0.15) is 58.2 Å². The van der Waals surface area contributed by atoms with E-state index in [0.29, 0.717) is 24.0 Å². The van der Waals surface area contributed by atoms with Crippen LogP contribution < -0.4 is 20.8 Å². The average molecular weight is 766 g/mol. The molecule has 0 radical (unpaired) electrons. The summed E-state index contributed by atoms with van der Waals surface area (Å²) in [6, 6.07) is 20.8. The van der Waals surface area contributed by atoms with Crippen molar-refractivity contribution in [2.75, 3.05) is 26.8 Å². The zero-order chi connectivity index (χ0) is 38.5. The minimum absolute atomic E-state index is 0.207. The van der Waals surface area contributed by atoms with Gasteiger partial charge < -0.3 is 29.7 Å². The normalized spacial score (nSPS) is 12.8. The summed E-state index contributed by atoms with van der Waals surface area (Å²) in [6.07, 6.45) is -0.480. The fraction of sp³-hybridized carbons (Fsp3) is 0.425. The van der Waals surface area contributed by atoms with Gasteiger partial charge in [0.2, 0.25) is 11.8 Å². The molecular weight excluding hydrogens is 714 g/mol. The standard InChI is InChI=1S/C40H52ClN5O6S/c1-8-50-38(51-9-2)27(3)46(24-30-26-53-35-13-11-10-12-33(30)35)37(48)34(22-28-16-20-32(21-17-28)52-40(4,5)6)43-36(47)25-45(7)44-39(49)42-23-29-14-18-31(41)19-15-29/h10-21,26-27,34,38H,8-9,22-25H2,1-7H3,(H,43,47)(H2,42,44,49)/t27-,34-/m0/s1. The third-order valence-electron chi connectivity index (χ3n) is 8.19. The Hall–Kier alpha value is -4.20. The smallest absolute Gasteiger partial charge is 0.329 e. The molecule has 0 bridgehead atoms. The number of carbonyl (C=O) groups excluding carboxylic acids is 3. The van der Waals surface area contributed by atoms with Crippen LogP contribution in [0.15, 0.2) is 78.2 Å². The number of hydrogen-bond donors (Lipinski definition) is 3. The zero-order valence-electron chi connectivity index (χ0n) is 31.6. The van der Waals surface area contributed by atoms with Crippen LogP contribution in [-0.4, -0.2) is 78.5 Å². The Balaban J connectivity index is 1.57. The summed E-state index contributed by atoms with van der Waals surface area (Å²) >= 11 is 7.58. The fourth-order valence-electron chi connectivity index (χ4n) is 5.74. The number of urea groups is 1. The molecule has 0 aliphatic rings. The van der Waals surface area contributed by atoms with Gasteiger partial charge in [-0.05, 0) is 99.3 Å². The topological polar surface area (TPSA) is 121 Å². The Morgan fingerprint density at radius 1 is 0.906 bits per heavy atom. The summed E-state index contributed by atoms with van der Waals surface area (Å²) in [4.78, 5) is 42.8. The van der Waals surface area contributed by atoms with Crippen LogP contribution in [0.4, 0.5) is 4.79 Å². The minimum atomic E-state index is -0.958. The summed E-state index contributed by atoms with van der Waals surface area (Å²) in [5, 5.41) is 10.8.